The predicted octanol–water partition coefficient (Wildman–Crippen LogP) is 5.94. The molecule has 51 heavy (non-hydrogen) atoms. The number of rotatable bonds is 9. The van der Waals surface area contributed by atoms with Crippen LogP contribution in [0.4, 0.5) is 4.39 Å². The maximum Gasteiger partial charge on any atom is 0.257 e. The number of benzene rings is 3. The van der Waals surface area contributed by atoms with Crippen LogP contribution in [0.25, 0.3) is 22.0 Å². The van der Waals surface area contributed by atoms with Gasteiger partial charge in [-0.1, -0.05) is 36.4 Å². The summed E-state index contributed by atoms with van der Waals surface area (Å²) < 4.78 is 26.0. The third-order valence-electron chi connectivity index (χ3n) is 9.35. The highest BCUT2D eigenvalue weighted by molar-refractivity contribution is 6.00. The highest BCUT2D eigenvalue weighted by Crippen LogP contribution is 2.33. The van der Waals surface area contributed by atoms with Crippen LogP contribution in [0.2, 0.25) is 0 Å². The van der Waals surface area contributed by atoms with E-state index in [1.165, 1.54) is 0 Å². The molecular formula is C39H38FN5O6. The molecule has 0 spiro atoms. The van der Waals surface area contributed by atoms with Crippen molar-refractivity contribution in [3.05, 3.63) is 108 Å². The van der Waals surface area contributed by atoms with Gasteiger partial charge in [-0.2, -0.15) is 0 Å². The third kappa shape index (κ3) is 8.08. The van der Waals surface area contributed by atoms with E-state index in [-0.39, 0.29) is 40.7 Å². The number of ether oxygens (including phenoxy) is 2. The lowest BCUT2D eigenvalue weighted by atomic mass is 9.90. The lowest BCUT2D eigenvalue weighted by Crippen LogP contribution is -2.44. The lowest BCUT2D eigenvalue weighted by Gasteiger charge is -2.29. The molecule has 3 aromatic carbocycles. The predicted molar refractivity (Wildman–Crippen MR) is 188 cm³/mol. The quantitative estimate of drug-likeness (QED) is 0.148. The number of aromatic hydroxyl groups is 2. The summed E-state index contributed by atoms with van der Waals surface area (Å²) in [5.74, 6) is -1.36. The van der Waals surface area contributed by atoms with Crippen LogP contribution in [0.3, 0.4) is 0 Å². The van der Waals surface area contributed by atoms with Crippen molar-refractivity contribution in [1.29, 1.82) is 0 Å². The first-order chi connectivity index (χ1) is 24.8. The maximum atomic E-state index is 14.4. The molecule has 2 aliphatic rings. The van der Waals surface area contributed by atoms with Gasteiger partial charge < -0.3 is 30.3 Å². The fourth-order valence-electron chi connectivity index (χ4n) is 6.68. The number of halogens is 1. The highest BCUT2D eigenvalue weighted by atomic mass is 19.1. The highest BCUT2D eigenvalue weighted by Gasteiger charge is 2.27. The molecule has 0 bridgehead atoms. The smallest absolute Gasteiger partial charge is 0.257 e. The largest absolute Gasteiger partial charge is 0.508 e. The Balaban J connectivity index is 0.995. The zero-order valence-corrected chi connectivity index (χ0v) is 27.8. The molecule has 2 aromatic heterocycles. The van der Waals surface area contributed by atoms with Crippen molar-refractivity contribution < 1.29 is 33.7 Å². The number of phenolic OH excluding ortho intramolecular Hbond substituents is 1. The Morgan fingerprint density at radius 2 is 1.59 bits per heavy atom. The number of pyridine rings is 2. The summed E-state index contributed by atoms with van der Waals surface area (Å²) in [6, 6.07) is 22.2. The summed E-state index contributed by atoms with van der Waals surface area (Å²) in [7, 11) is 0. The molecule has 11 nitrogen and oxygen atoms in total. The van der Waals surface area contributed by atoms with Gasteiger partial charge in [0.1, 0.15) is 28.4 Å². The molecule has 4 N–H and O–H groups in total. The number of carbonyl (C=O) groups is 2. The van der Waals surface area contributed by atoms with Gasteiger partial charge in [-0.05, 0) is 84.8 Å². The van der Waals surface area contributed by atoms with Crippen molar-refractivity contribution in [2.75, 3.05) is 26.3 Å². The molecule has 1 aliphatic heterocycles. The third-order valence-corrected chi connectivity index (χ3v) is 9.35. The second kappa shape index (κ2) is 15.1. The van der Waals surface area contributed by atoms with E-state index in [1.54, 1.807) is 30.3 Å². The van der Waals surface area contributed by atoms with Crippen molar-refractivity contribution in [2.24, 2.45) is 0 Å². The molecule has 2 amide bonds. The lowest BCUT2D eigenvalue weighted by molar-refractivity contribution is 0.0342. The van der Waals surface area contributed by atoms with E-state index < -0.39 is 17.6 Å². The Kier molecular flexibility index (Phi) is 10.0. The number of nitrogens with zero attached hydrogens (tertiary/aromatic N) is 3. The van der Waals surface area contributed by atoms with Gasteiger partial charge in [-0.25, -0.2) is 14.4 Å². The van der Waals surface area contributed by atoms with E-state index in [1.807, 2.05) is 42.5 Å². The fourth-order valence-corrected chi connectivity index (χ4v) is 6.68. The van der Waals surface area contributed by atoms with E-state index in [0.29, 0.717) is 56.7 Å². The molecule has 262 valence electrons. The number of hydrogen-bond acceptors (Lipinski definition) is 9. The summed E-state index contributed by atoms with van der Waals surface area (Å²) in [5.41, 5.74) is 3.39. The van der Waals surface area contributed by atoms with E-state index in [2.05, 4.69) is 25.5 Å². The molecule has 1 aliphatic carbocycles. The van der Waals surface area contributed by atoms with Crippen LogP contribution < -0.4 is 15.4 Å². The van der Waals surface area contributed by atoms with Gasteiger partial charge in [0, 0.05) is 37.1 Å². The monoisotopic (exact) mass is 691 g/mol. The summed E-state index contributed by atoms with van der Waals surface area (Å²) in [6.07, 6.45) is 3.37. The summed E-state index contributed by atoms with van der Waals surface area (Å²) in [5, 5.41) is 27.3. The van der Waals surface area contributed by atoms with Crippen molar-refractivity contribution in [1.82, 2.24) is 25.5 Å². The number of amides is 2. The number of nitrogens with one attached hydrogen (secondary N) is 2. The minimum absolute atomic E-state index is 0.0324. The number of fused-ring (bicyclic) bond motifs is 1. The number of hydrogen-bond donors (Lipinski definition) is 4. The topological polar surface area (TPSA) is 146 Å². The van der Waals surface area contributed by atoms with Crippen LogP contribution in [0.1, 0.15) is 52.0 Å². The minimum Gasteiger partial charge on any atom is -0.508 e. The Bertz CT molecular complexity index is 2060. The molecule has 7 rings (SSSR count). The SMILES string of the molecule is O=C(N[C@H]1CC[C@H](NC(=O)c2cc(F)cnc2Oc2cccc(-c3ccc(O)cc3CN3CCOCC3)c2)CC1)c1cc2ccccc2nc1O. The van der Waals surface area contributed by atoms with Crippen LogP contribution in [0, 0.1) is 5.82 Å². The molecule has 0 atom stereocenters. The molecule has 2 fully saturated rings. The summed E-state index contributed by atoms with van der Waals surface area (Å²) in [4.78, 5) is 37.0. The first kappa shape index (κ1) is 33.9. The molecule has 0 radical (unpaired) electrons. The molecule has 3 heterocycles. The maximum absolute atomic E-state index is 14.4. The Hall–Kier alpha value is -5.59. The first-order valence-corrected chi connectivity index (χ1v) is 17.1. The first-order valence-electron chi connectivity index (χ1n) is 17.1. The fraction of sp³-hybridized carbons (Fsp3) is 0.282. The van der Waals surface area contributed by atoms with Gasteiger partial charge in [0.15, 0.2) is 0 Å². The van der Waals surface area contributed by atoms with Crippen LogP contribution in [0.15, 0.2) is 85.1 Å². The van der Waals surface area contributed by atoms with E-state index >= 15 is 0 Å². The van der Waals surface area contributed by atoms with Crippen molar-refractivity contribution >= 4 is 22.7 Å². The van der Waals surface area contributed by atoms with Crippen LogP contribution in [0.5, 0.6) is 23.3 Å². The van der Waals surface area contributed by atoms with Gasteiger partial charge >= 0.3 is 0 Å². The summed E-state index contributed by atoms with van der Waals surface area (Å²) >= 11 is 0. The standard InChI is InChI=1S/C39H38FN5O6/c40-27-21-34(38(49)43-29-10-8-28(9-11-29)42-36(47)33-20-25-4-1-2-7-35(25)44-37(33)48)39(41-22-27)51-31-6-3-5-24(19-31)32-13-12-30(46)18-26(32)23-45-14-16-50-17-15-45/h1-7,12-13,18-22,28-29,46H,8-11,14-17,23H2,(H,42,47)(H,43,49)(H,44,48)/t28-,29-. The molecule has 0 unspecified atom stereocenters. The minimum atomic E-state index is -0.670. The van der Waals surface area contributed by atoms with Crippen LogP contribution >= 0.6 is 0 Å². The van der Waals surface area contributed by atoms with Gasteiger partial charge in [0.2, 0.25) is 11.8 Å². The number of carbonyl (C=O) groups excluding carboxylic acids is 2. The zero-order chi connectivity index (χ0) is 35.3. The van der Waals surface area contributed by atoms with Crippen LogP contribution in [-0.2, 0) is 11.3 Å². The van der Waals surface area contributed by atoms with Crippen LogP contribution in [-0.4, -0.2) is 75.3 Å². The van der Waals surface area contributed by atoms with Gasteiger partial charge in [0.25, 0.3) is 11.8 Å². The number of phenols is 1. The van der Waals surface area contributed by atoms with Gasteiger partial charge in [-0.15, -0.1) is 0 Å². The Morgan fingerprint density at radius 1 is 0.863 bits per heavy atom. The van der Waals surface area contributed by atoms with E-state index in [0.717, 1.165) is 47.4 Å². The normalized spacial score (nSPS) is 17.9. The number of aromatic nitrogens is 2. The van der Waals surface area contributed by atoms with Crippen molar-refractivity contribution in [3.63, 3.8) is 0 Å². The molecule has 1 saturated heterocycles. The van der Waals surface area contributed by atoms with Gasteiger partial charge in [-0.3, -0.25) is 14.5 Å². The van der Waals surface area contributed by atoms with E-state index in [9.17, 15) is 24.2 Å². The van der Waals surface area contributed by atoms with Crippen molar-refractivity contribution in [3.8, 4) is 34.4 Å². The molecular weight excluding hydrogens is 653 g/mol. The molecule has 12 heteroatoms. The van der Waals surface area contributed by atoms with Gasteiger partial charge in [0.05, 0.1) is 24.9 Å². The second-order valence-corrected chi connectivity index (χ2v) is 12.9. The number of para-hydroxylation sites is 1. The van der Waals surface area contributed by atoms with Crippen molar-refractivity contribution in [2.45, 2.75) is 44.3 Å². The Labute approximate surface area is 294 Å². The Morgan fingerprint density at radius 3 is 2.35 bits per heavy atom. The summed E-state index contributed by atoms with van der Waals surface area (Å²) in [6.45, 7) is 3.56. The average Bonchev–Trinajstić information content (AvgIpc) is 3.13. The molecule has 1 saturated carbocycles. The second-order valence-electron chi connectivity index (χ2n) is 12.9. The average molecular weight is 692 g/mol. The van der Waals surface area contributed by atoms with E-state index in [4.69, 9.17) is 9.47 Å². The molecule has 5 aromatic rings. The number of morpholine rings is 1. The zero-order valence-electron chi connectivity index (χ0n) is 27.8.